The average Bonchev–Trinajstić information content (AvgIpc) is 2.67. The first-order valence-corrected chi connectivity index (χ1v) is 10.3. The van der Waals surface area contributed by atoms with Gasteiger partial charge in [0.05, 0.1) is 0 Å². The van der Waals surface area contributed by atoms with E-state index in [4.69, 9.17) is 4.74 Å². The van der Waals surface area contributed by atoms with E-state index in [1.165, 1.54) is 11.1 Å². The van der Waals surface area contributed by atoms with Gasteiger partial charge in [0, 0.05) is 23.0 Å². The zero-order chi connectivity index (χ0) is 20.8. The molecule has 2 atom stereocenters. The molecule has 1 aliphatic carbocycles. The molecule has 0 aromatic heterocycles. The Balaban J connectivity index is 1.69. The van der Waals surface area contributed by atoms with Crippen LogP contribution in [0.25, 0.3) is 0 Å². The number of carboxylic acids is 1. The molecule has 4 nitrogen and oxygen atoms in total. The van der Waals surface area contributed by atoms with Crippen LogP contribution in [0.3, 0.4) is 0 Å². The minimum absolute atomic E-state index is 0.0530. The van der Waals surface area contributed by atoms with Crippen molar-refractivity contribution in [3.8, 4) is 11.5 Å². The van der Waals surface area contributed by atoms with Gasteiger partial charge in [-0.1, -0.05) is 37.3 Å². The van der Waals surface area contributed by atoms with Crippen LogP contribution < -0.4 is 4.74 Å². The van der Waals surface area contributed by atoms with Crippen LogP contribution in [0.5, 0.6) is 11.5 Å². The van der Waals surface area contributed by atoms with E-state index in [-0.39, 0.29) is 17.6 Å². The summed E-state index contributed by atoms with van der Waals surface area (Å²) in [6.45, 7) is 6.25. The molecule has 1 heterocycles. The van der Waals surface area contributed by atoms with Crippen molar-refractivity contribution in [1.29, 1.82) is 0 Å². The smallest absolute Gasteiger partial charge is 0.331 e. The molecule has 0 spiro atoms. The third-order valence-corrected chi connectivity index (χ3v) is 6.47. The third kappa shape index (κ3) is 3.64. The minimum Gasteiger partial charge on any atom is -0.508 e. The molecule has 2 aromatic carbocycles. The second kappa shape index (κ2) is 7.25. The zero-order valence-corrected chi connectivity index (χ0v) is 17.2. The molecule has 2 aromatic rings. The third-order valence-electron chi connectivity index (χ3n) is 6.47. The number of rotatable bonds is 4. The minimum atomic E-state index is -0.874. The van der Waals surface area contributed by atoms with E-state index in [0.717, 1.165) is 17.5 Å². The summed E-state index contributed by atoms with van der Waals surface area (Å²) in [7, 11) is 0. The van der Waals surface area contributed by atoms with Gasteiger partial charge in [-0.15, -0.1) is 0 Å². The van der Waals surface area contributed by atoms with E-state index in [9.17, 15) is 15.0 Å². The van der Waals surface area contributed by atoms with Crippen molar-refractivity contribution in [3.05, 3.63) is 70.3 Å². The van der Waals surface area contributed by atoms with Crippen LogP contribution in [0.4, 0.5) is 0 Å². The standard InChI is InChI=1S/C25H28O4/c1-4-15-5-7-16(8-6-15)11-17-12-21(26)23-19-14-18(24(27)28)9-10-20(19)25(2,3)29-22(23)13-17/h5-9,12-13,19-20,26H,4,10-11,14H2,1-3H3,(H,27,28). The van der Waals surface area contributed by atoms with Crippen LogP contribution in [-0.2, 0) is 17.6 Å². The summed E-state index contributed by atoms with van der Waals surface area (Å²) >= 11 is 0. The van der Waals surface area contributed by atoms with E-state index in [1.54, 1.807) is 0 Å². The summed E-state index contributed by atoms with van der Waals surface area (Å²) in [4.78, 5) is 11.5. The first-order chi connectivity index (χ1) is 13.8. The highest BCUT2D eigenvalue weighted by molar-refractivity contribution is 5.87. The number of phenols is 1. The number of carboxylic acid groups (broad SMARTS) is 1. The number of hydrogen-bond acceptors (Lipinski definition) is 3. The summed E-state index contributed by atoms with van der Waals surface area (Å²) in [5, 5.41) is 20.3. The Morgan fingerprint density at radius 1 is 1.14 bits per heavy atom. The number of allylic oxidation sites excluding steroid dienone is 1. The number of fused-ring (bicyclic) bond motifs is 3. The molecular weight excluding hydrogens is 364 g/mol. The molecule has 0 saturated carbocycles. The highest BCUT2D eigenvalue weighted by atomic mass is 16.5. The first-order valence-electron chi connectivity index (χ1n) is 10.3. The fourth-order valence-electron chi connectivity index (χ4n) is 4.86. The molecule has 4 heteroatoms. The highest BCUT2D eigenvalue weighted by Crippen LogP contribution is 2.54. The molecular formula is C25H28O4. The number of ether oxygens (including phenoxy) is 1. The normalized spacial score (nSPS) is 22.1. The molecule has 0 amide bonds. The van der Waals surface area contributed by atoms with Crippen molar-refractivity contribution in [2.75, 3.05) is 0 Å². The van der Waals surface area contributed by atoms with Crippen LogP contribution >= 0.6 is 0 Å². The molecule has 0 bridgehead atoms. The maximum absolute atomic E-state index is 11.5. The molecule has 4 rings (SSSR count). The quantitative estimate of drug-likeness (QED) is 0.748. The van der Waals surface area contributed by atoms with E-state index >= 15 is 0 Å². The lowest BCUT2D eigenvalue weighted by Crippen LogP contribution is -2.45. The van der Waals surface area contributed by atoms with Gasteiger partial charge >= 0.3 is 5.97 Å². The predicted molar refractivity (Wildman–Crippen MR) is 113 cm³/mol. The van der Waals surface area contributed by atoms with Gasteiger partial charge < -0.3 is 14.9 Å². The number of carbonyl (C=O) groups is 1. The van der Waals surface area contributed by atoms with E-state index in [1.807, 2.05) is 18.2 Å². The number of aliphatic carboxylic acids is 1. The number of hydrogen-bond donors (Lipinski definition) is 2. The molecule has 0 radical (unpaired) electrons. The molecule has 1 aliphatic heterocycles. The lowest BCUT2D eigenvalue weighted by molar-refractivity contribution is -0.133. The monoisotopic (exact) mass is 392 g/mol. The van der Waals surface area contributed by atoms with Crippen molar-refractivity contribution in [2.24, 2.45) is 5.92 Å². The molecule has 2 aliphatic rings. The van der Waals surface area contributed by atoms with Gasteiger partial charge in [0.25, 0.3) is 0 Å². The zero-order valence-electron chi connectivity index (χ0n) is 17.2. The van der Waals surface area contributed by atoms with E-state index in [2.05, 4.69) is 45.0 Å². The molecule has 2 N–H and O–H groups in total. The highest BCUT2D eigenvalue weighted by Gasteiger charge is 2.46. The SMILES string of the molecule is CCc1ccc(Cc2cc(O)c3c(c2)OC(C)(C)C2CC=C(C(=O)O)CC32)cc1. The van der Waals surface area contributed by atoms with Gasteiger partial charge in [-0.3, -0.25) is 0 Å². The average molecular weight is 392 g/mol. The van der Waals surface area contributed by atoms with E-state index < -0.39 is 11.6 Å². The Labute approximate surface area is 171 Å². The number of aromatic hydroxyl groups is 1. The molecule has 0 saturated heterocycles. The molecule has 2 unspecified atom stereocenters. The summed E-state index contributed by atoms with van der Waals surface area (Å²) in [5.74, 6) is 0.1000. The van der Waals surface area contributed by atoms with Crippen LogP contribution in [0.2, 0.25) is 0 Å². The molecule has 152 valence electrons. The lowest BCUT2D eigenvalue weighted by Gasteiger charge is -2.46. The Hall–Kier alpha value is -2.75. The summed E-state index contributed by atoms with van der Waals surface area (Å²) < 4.78 is 6.34. The second-order valence-electron chi connectivity index (χ2n) is 8.77. The number of phenolic OH excluding ortho intramolecular Hbond substituents is 1. The fourth-order valence-corrected chi connectivity index (χ4v) is 4.86. The predicted octanol–water partition coefficient (Wildman–Crippen LogP) is 5.22. The van der Waals surface area contributed by atoms with Crippen molar-refractivity contribution in [1.82, 2.24) is 0 Å². The first kappa shape index (κ1) is 19.6. The van der Waals surface area contributed by atoms with Gasteiger partial charge in [-0.25, -0.2) is 4.79 Å². The Morgan fingerprint density at radius 2 is 1.83 bits per heavy atom. The van der Waals surface area contributed by atoms with Crippen LogP contribution in [0, 0.1) is 5.92 Å². The van der Waals surface area contributed by atoms with Crippen molar-refractivity contribution in [3.63, 3.8) is 0 Å². The van der Waals surface area contributed by atoms with Crippen LogP contribution in [-0.4, -0.2) is 21.8 Å². The van der Waals surface area contributed by atoms with Gasteiger partial charge in [0.2, 0.25) is 0 Å². The fraction of sp³-hybridized carbons (Fsp3) is 0.400. The van der Waals surface area contributed by atoms with Crippen molar-refractivity contribution in [2.45, 2.75) is 58.0 Å². The molecule has 0 fully saturated rings. The lowest BCUT2D eigenvalue weighted by atomic mass is 9.67. The van der Waals surface area contributed by atoms with Gasteiger partial charge in [0.1, 0.15) is 17.1 Å². The van der Waals surface area contributed by atoms with Gasteiger partial charge in [-0.05, 0) is 68.4 Å². The summed E-state index contributed by atoms with van der Waals surface area (Å²) in [6, 6.07) is 12.4. The van der Waals surface area contributed by atoms with Crippen molar-refractivity contribution < 1.29 is 19.7 Å². The maximum atomic E-state index is 11.5. The number of benzene rings is 2. The molecule has 29 heavy (non-hydrogen) atoms. The number of aryl methyl sites for hydroxylation is 1. The van der Waals surface area contributed by atoms with Crippen LogP contribution in [0.1, 0.15) is 61.8 Å². The van der Waals surface area contributed by atoms with Crippen LogP contribution in [0.15, 0.2) is 48.0 Å². The van der Waals surface area contributed by atoms with E-state index in [0.29, 0.717) is 30.6 Å². The Bertz CT molecular complexity index is 969. The topological polar surface area (TPSA) is 66.8 Å². The largest absolute Gasteiger partial charge is 0.508 e. The Morgan fingerprint density at radius 3 is 2.48 bits per heavy atom. The van der Waals surface area contributed by atoms with Gasteiger partial charge in [-0.2, -0.15) is 0 Å². The summed E-state index contributed by atoms with van der Waals surface area (Å²) in [5.41, 5.74) is 4.23. The van der Waals surface area contributed by atoms with Gasteiger partial charge in [0.15, 0.2) is 0 Å². The maximum Gasteiger partial charge on any atom is 0.331 e. The van der Waals surface area contributed by atoms with Crippen molar-refractivity contribution >= 4 is 5.97 Å². The summed E-state index contributed by atoms with van der Waals surface area (Å²) in [6.07, 6.45) is 4.60. The second-order valence-corrected chi connectivity index (χ2v) is 8.77. The Kier molecular flexibility index (Phi) is 4.89.